The third-order valence-corrected chi connectivity index (χ3v) is 9.46. The topological polar surface area (TPSA) is 56.3 Å². The molecule has 0 radical (unpaired) electrons. The first-order valence-corrected chi connectivity index (χ1v) is 16.3. The first-order valence-electron chi connectivity index (χ1n) is 16.3. The van der Waals surface area contributed by atoms with E-state index >= 15 is 0 Å². The van der Waals surface area contributed by atoms with Crippen LogP contribution in [0.15, 0.2) is 74.0 Å². The number of aromatic nitrogens is 2. The second kappa shape index (κ2) is 13.2. The molecule has 0 fully saturated rings. The maximum atomic E-state index is 4.84. The summed E-state index contributed by atoms with van der Waals surface area (Å²) in [6, 6.07) is 10.9. The average molecular weight is 573 g/mol. The summed E-state index contributed by atoms with van der Waals surface area (Å²) < 4.78 is 0. The van der Waals surface area contributed by atoms with Crippen LogP contribution in [-0.2, 0) is 12.8 Å². The lowest BCUT2D eigenvalue weighted by atomic mass is 9.87. The van der Waals surface area contributed by atoms with E-state index in [0.29, 0.717) is 0 Å². The molecule has 0 aliphatic carbocycles. The molecule has 3 aromatic rings. The Morgan fingerprint density at radius 3 is 1.42 bits per heavy atom. The van der Waals surface area contributed by atoms with Crippen LogP contribution in [0.3, 0.4) is 0 Å². The van der Waals surface area contributed by atoms with E-state index in [-0.39, 0.29) is 5.92 Å². The van der Waals surface area contributed by atoms with Crippen molar-refractivity contribution in [2.24, 2.45) is 9.98 Å². The predicted molar refractivity (Wildman–Crippen MR) is 185 cm³/mol. The lowest BCUT2D eigenvalue weighted by molar-refractivity contribution is 0.874. The van der Waals surface area contributed by atoms with E-state index in [1.54, 1.807) is 0 Å². The summed E-state index contributed by atoms with van der Waals surface area (Å²) in [5.74, 6) is 0.0510. The number of aliphatic imine (C=N–C) groups is 2. The quantitative estimate of drug-likeness (QED) is 0.230. The van der Waals surface area contributed by atoms with Crippen LogP contribution >= 0.6 is 0 Å². The number of hydrogen-bond donors (Lipinski definition) is 2. The summed E-state index contributed by atoms with van der Waals surface area (Å²) in [5, 5.41) is 0. The minimum absolute atomic E-state index is 0.0510. The Morgan fingerprint density at radius 2 is 1.05 bits per heavy atom. The molecule has 43 heavy (non-hydrogen) atoms. The first kappa shape index (κ1) is 30.5. The van der Waals surface area contributed by atoms with E-state index in [2.05, 4.69) is 120 Å². The van der Waals surface area contributed by atoms with Crippen molar-refractivity contribution < 1.29 is 0 Å². The van der Waals surface area contributed by atoms with E-state index in [4.69, 9.17) is 9.98 Å². The summed E-state index contributed by atoms with van der Waals surface area (Å²) in [6.07, 6.45) is 14.6. The van der Waals surface area contributed by atoms with Crippen molar-refractivity contribution in [3.63, 3.8) is 0 Å². The van der Waals surface area contributed by atoms with Gasteiger partial charge in [0.25, 0.3) is 0 Å². The summed E-state index contributed by atoms with van der Waals surface area (Å²) in [4.78, 5) is 17.6. The van der Waals surface area contributed by atoms with E-state index in [1.165, 1.54) is 72.9 Å². The van der Waals surface area contributed by atoms with Crippen molar-refractivity contribution in [1.29, 1.82) is 0 Å². The standard InChI is InChI=1S/C39H48N4/c1-9-26-22-40-33(31(26)13-5)20-35-29(11-3)24(7)38(42-35)37(28-18-16-15-17-19-28)39-25(8)30(12-4)36(43-39)21-34-32(14-6)27(10-2)23-41-34/h15-23,37,42-43H,9-14H2,1-8H3/b33-20-,34-21-. The second-order valence-electron chi connectivity index (χ2n) is 11.7. The molecule has 4 nitrogen and oxygen atoms in total. The van der Waals surface area contributed by atoms with Crippen LogP contribution in [0.25, 0.3) is 12.2 Å². The van der Waals surface area contributed by atoms with Gasteiger partial charge >= 0.3 is 0 Å². The first-order chi connectivity index (χ1) is 20.9. The predicted octanol–water partition coefficient (Wildman–Crippen LogP) is 10.3. The Labute approximate surface area is 258 Å². The fourth-order valence-electron chi connectivity index (χ4n) is 7.10. The van der Waals surface area contributed by atoms with Crippen molar-refractivity contribution in [3.05, 3.63) is 115 Å². The molecule has 2 N–H and O–H groups in total. The van der Waals surface area contributed by atoms with Crippen molar-refractivity contribution in [1.82, 2.24) is 9.97 Å². The van der Waals surface area contributed by atoms with Crippen molar-refractivity contribution in [2.75, 3.05) is 0 Å². The zero-order valence-corrected chi connectivity index (χ0v) is 27.4. The zero-order valence-electron chi connectivity index (χ0n) is 27.4. The number of hydrogen-bond acceptors (Lipinski definition) is 2. The SMILES string of the molecule is CCC1=C(CC)/C(=C/c2[nH]c(C(c3ccccc3)c3[nH]c(/C=C4\N=CC(CC)=C4CC)c(CC)c3C)c(C)c2CC)N=C1. The Balaban J connectivity index is 1.68. The second-order valence-corrected chi connectivity index (χ2v) is 11.7. The molecule has 4 heteroatoms. The smallest absolute Gasteiger partial charge is 0.0685 e. The van der Waals surface area contributed by atoms with Gasteiger partial charge in [0, 0.05) is 35.2 Å². The molecule has 2 aromatic heterocycles. The van der Waals surface area contributed by atoms with Gasteiger partial charge in [0.1, 0.15) is 0 Å². The third kappa shape index (κ3) is 5.60. The molecule has 0 amide bonds. The molecule has 5 rings (SSSR count). The Kier molecular flexibility index (Phi) is 9.34. The average Bonchev–Trinajstić information content (AvgIpc) is 3.77. The molecule has 0 spiro atoms. The summed E-state index contributed by atoms with van der Waals surface area (Å²) in [6.45, 7) is 18.0. The molecule has 1 aromatic carbocycles. The van der Waals surface area contributed by atoms with Crippen LogP contribution in [0.1, 0.15) is 124 Å². The minimum Gasteiger partial charge on any atom is -0.358 e. The normalized spacial score (nSPS) is 17.5. The third-order valence-electron chi connectivity index (χ3n) is 9.46. The molecule has 224 valence electrons. The van der Waals surface area contributed by atoms with E-state index in [1.807, 2.05) is 0 Å². The molecular formula is C39H48N4. The number of nitrogens with zero attached hydrogens (tertiary/aromatic N) is 2. The summed E-state index contributed by atoms with van der Waals surface area (Å²) in [7, 11) is 0. The molecule has 4 heterocycles. The minimum atomic E-state index is 0.0510. The summed E-state index contributed by atoms with van der Waals surface area (Å²) >= 11 is 0. The molecule has 0 unspecified atom stereocenters. The van der Waals surface area contributed by atoms with Crippen LogP contribution in [0.2, 0.25) is 0 Å². The zero-order chi connectivity index (χ0) is 30.7. The van der Waals surface area contributed by atoms with Crippen LogP contribution < -0.4 is 0 Å². The number of rotatable bonds is 11. The molecule has 0 saturated carbocycles. The van der Waals surface area contributed by atoms with Gasteiger partial charge in [-0.15, -0.1) is 0 Å². The maximum absolute atomic E-state index is 4.84. The number of allylic oxidation sites excluding steroid dienone is 4. The largest absolute Gasteiger partial charge is 0.358 e. The highest BCUT2D eigenvalue weighted by atomic mass is 14.8. The molecule has 0 saturated heterocycles. The highest BCUT2D eigenvalue weighted by Crippen LogP contribution is 2.40. The highest BCUT2D eigenvalue weighted by Gasteiger charge is 2.28. The van der Waals surface area contributed by atoms with Gasteiger partial charge in [-0.05, 0) is 115 Å². The van der Waals surface area contributed by atoms with Crippen LogP contribution in [-0.4, -0.2) is 22.4 Å². The van der Waals surface area contributed by atoms with Gasteiger partial charge in [0.2, 0.25) is 0 Å². The van der Waals surface area contributed by atoms with Gasteiger partial charge in [0.15, 0.2) is 0 Å². The monoisotopic (exact) mass is 572 g/mol. The van der Waals surface area contributed by atoms with E-state index in [0.717, 1.165) is 49.9 Å². The van der Waals surface area contributed by atoms with Gasteiger partial charge in [0.05, 0.1) is 17.3 Å². The highest BCUT2D eigenvalue weighted by molar-refractivity contribution is 5.89. The van der Waals surface area contributed by atoms with Crippen LogP contribution in [0.5, 0.6) is 0 Å². The Bertz CT molecular complexity index is 1570. The van der Waals surface area contributed by atoms with Gasteiger partial charge in [-0.3, -0.25) is 9.98 Å². The summed E-state index contributed by atoms with van der Waals surface area (Å²) in [5.41, 5.74) is 19.2. The molecular weight excluding hydrogens is 524 g/mol. The fourth-order valence-corrected chi connectivity index (χ4v) is 7.10. The van der Waals surface area contributed by atoms with Gasteiger partial charge in [-0.1, -0.05) is 71.9 Å². The molecule has 2 aliphatic rings. The van der Waals surface area contributed by atoms with Gasteiger partial charge < -0.3 is 9.97 Å². The van der Waals surface area contributed by atoms with Crippen LogP contribution in [0.4, 0.5) is 0 Å². The van der Waals surface area contributed by atoms with Gasteiger partial charge in [-0.2, -0.15) is 0 Å². The van der Waals surface area contributed by atoms with Gasteiger partial charge in [-0.25, -0.2) is 0 Å². The van der Waals surface area contributed by atoms with E-state index < -0.39 is 0 Å². The van der Waals surface area contributed by atoms with Crippen molar-refractivity contribution >= 4 is 24.6 Å². The lowest BCUT2D eigenvalue weighted by Crippen LogP contribution is -2.08. The fraction of sp³-hybridized carbons (Fsp3) is 0.385. The van der Waals surface area contributed by atoms with Crippen LogP contribution in [0, 0.1) is 13.8 Å². The molecule has 0 atom stereocenters. The van der Waals surface area contributed by atoms with E-state index in [9.17, 15) is 0 Å². The molecule has 2 aliphatic heterocycles. The van der Waals surface area contributed by atoms with Crippen molar-refractivity contribution in [3.8, 4) is 0 Å². The number of H-pyrrole nitrogens is 2. The lowest BCUT2D eigenvalue weighted by Gasteiger charge is -2.19. The Morgan fingerprint density at radius 1 is 0.605 bits per heavy atom. The Hall–Kier alpha value is -3.92. The number of benzene rings is 1. The number of nitrogens with one attached hydrogen (secondary N) is 2. The van der Waals surface area contributed by atoms with Crippen molar-refractivity contribution in [2.45, 2.75) is 99.8 Å². The maximum Gasteiger partial charge on any atom is 0.0685 e. The number of aromatic amines is 2. The molecule has 0 bridgehead atoms.